The van der Waals surface area contributed by atoms with E-state index in [1.807, 2.05) is 48.5 Å². The number of rotatable bonds is 36. The lowest BCUT2D eigenvalue weighted by Crippen LogP contribution is -2.24. The van der Waals surface area contributed by atoms with Gasteiger partial charge in [-0.3, -0.25) is 9.59 Å². The highest BCUT2D eigenvalue weighted by Gasteiger charge is 2.41. The van der Waals surface area contributed by atoms with Gasteiger partial charge >= 0.3 is 11.9 Å². The number of phenols is 2. The Labute approximate surface area is 499 Å². The molecule has 448 valence electrons. The van der Waals surface area contributed by atoms with Gasteiger partial charge in [-0.15, -0.1) is 0 Å². The summed E-state index contributed by atoms with van der Waals surface area (Å²) in [6.07, 6.45) is 24.0. The molecule has 0 amide bonds. The van der Waals surface area contributed by atoms with E-state index in [1.165, 1.54) is 63.5 Å². The Balaban J connectivity index is 1.26. The molecule has 0 saturated carbocycles. The van der Waals surface area contributed by atoms with Gasteiger partial charge in [-0.05, 0) is 134 Å². The van der Waals surface area contributed by atoms with Crippen molar-refractivity contribution in [2.24, 2.45) is 11.8 Å². The molecule has 0 spiro atoms. The summed E-state index contributed by atoms with van der Waals surface area (Å²) in [4.78, 5) is 57.6. The molecule has 0 heterocycles. The third kappa shape index (κ3) is 17.7. The van der Waals surface area contributed by atoms with Gasteiger partial charge in [0.1, 0.15) is 11.5 Å². The molecule has 2 atom stereocenters. The van der Waals surface area contributed by atoms with Gasteiger partial charge in [0.05, 0.1) is 58.0 Å². The van der Waals surface area contributed by atoms with Gasteiger partial charge in [0.15, 0.2) is 23.0 Å². The molecule has 4 N–H and O–H groups in total. The molecular weight excluding hydrogens is 1050 g/mol. The zero-order chi connectivity index (χ0) is 59.8. The first-order valence-electron chi connectivity index (χ1n) is 31.4. The molecule has 0 radical (unpaired) electrons. The van der Waals surface area contributed by atoms with Gasteiger partial charge in [-0.2, -0.15) is 0 Å². The third-order valence-electron chi connectivity index (χ3n) is 16.2. The van der Waals surface area contributed by atoms with Crippen LogP contribution in [0, 0.1) is 11.8 Å². The van der Waals surface area contributed by atoms with Crippen LogP contribution in [0.3, 0.4) is 0 Å². The maximum atomic E-state index is 15.5. The van der Waals surface area contributed by atoms with Crippen LogP contribution in [0.5, 0.6) is 34.5 Å². The lowest BCUT2D eigenvalue weighted by atomic mass is 9.80. The molecule has 12 nitrogen and oxygen atoms in total. The van der Waals surface area contributed by atoms with Crippen LogP contribution in [-0.2, 0) is 22.3 Å². The van der Waals surface area contributed by atoms with Crippen LogP contribution in [0.1, 0.15) is 234 Å². The monoisotopic (exact) mass is 1140 g/mol. The van der Waals surface area contributed by atoms with E-state index in [9.17, 15) is 19.8 Å². The number of carbonyl (C=O) groups is 4. The highest BCUT2D eigenvalue weighted by Crippen LogP contribution is 2.51. The Morgan fingerprint density at radius 3 is 1.12 bits per heavy atom. The number of unbranched alkanes of at least 4 members (excludes halogenated alkanes) is 12. The molecule has 0 saturated heterocycles. The highest BCUT2D eigenvalue weighted by molar-refractivity contribution is 6.34. The van der Waals surface area contributed by atoms with Crippen molar-refractivity contribution in [3.8, 4) is 34.5 Å². The van der Waals surface area contributed by atoms with E-state index in [4.69, 9.17) is 18.9 Å². The highest BCUT2D eigenvalue weighted by atomic mass is 16.5. The van der Waals surface area contributed by atoms with E-state index in [-0.39, 0.29) is 57.0 Å². The van der Waals surface area contributed by atoms with Crippen molar-refractivity contribution in [3.63, 3.8) is 0 Å². The Bertz CT molecular complexity index is 2870. The predicted molar refractivity (Wildman–Crippen MR) is 337 cm³/mol. The van der Waals surface area contributed by atoms with Crippen LogP contribution in [0.2, 0.25) is 0 Å². The molecular formula is C72H90N2O10. The van der Waals surface area contributed by atoms with Crippen LogP contribution < -0.4 is 20.1 Å². The van der Waals surface area contributed by atoms with Crippen molar-refractivity contribution in [3.05, 3.63) is 154 Å². The number of esters is 2. The second-order valence-electron chi connectivity index (χ2n) is 22.7. The van der Waals surface area contributed by atoms with Crippen molar-refractivity contribution >= 4 is 46.3 Å². The normalized spacial score (nSPS) is 12.5. The molecule has 0 aromatic heterocycles. The largest absolute Gasteiger partial charge is 0.504 e. The molecule has 12 heteroatoms. The number of hydrogen-bond donors (Lipinski definition) is 4. The van der Waals surface area contributed by atoms with Crippen molar-refractivity contribution in [2.45, 2.75) is 183 Å². The number of benzene rings is 6. The molecule has 0 aliphatic heterocycles. The van der Waals surface area contributed by atoms with Crippen molar-refractivity contribution in [1.82, 2.24) is 0 Å². The summed E-state index contributed by atoms with van der Waals surface area (Å²) in [5, 5.41) is 31.2. The van der Waals surface area contributed by atoms with Gasteiger partial charge < -0.3 is 39.8 Å². The fraction of sp³-hybridized carbons (Fsp3) is 0.444. The standard InChI is InChI=1S/C72H90N2O10/c1-7-13-17-19-21-23-27-51-29-41-57(42-30-51)83-61-45-59(73-55-37-33-53(34-38-55)71(79)81-47-49(11-5)25-15-9-3)63-65(67(61)75)69(77)64-60(74-56-39-35-54(36-40-56)72(80)82-48-50(12-6)26-16-10-4)46-62(68(76)66(64)70(63)78)84-58-43-31-52(32-44-58)28-24-22-20-18-14-8-2/h29-46,49-50,73-76H,7-28,47-48H2,1-6H3. The number of anilines is 4. The summed E-state index contributed by atoms with van der Waals surface area (Å²) in [6, 6.07) is 31.3. The number of aryl methyl sites for hydroxylation is 2. The summed E-state index contributed by atoms with van der Waals surface area (Å²) in [5.74, 6) is -2.50. The van der Waals surface area contributed by atoms with Gasteiger partial charge in [0, 0.05) is 23.5 Å². The Morgan fingerprint density at radius 2 is 0.774 bits per heavy atom. The summed E-state index contributed by atoms with van der Waals surface area (Å²) in [5.41, 5.74) is 2.92. The fourth-order valence-electron chi connectivity index (χ4n) is 10.8. The topological polar surface area (TPSA) is 170 Å². The van der Waals surface area contributed by atoms with Crippen LogP contribution in [-0.4, -0.2) is 46.9 Å². The van der Waals surface area contributed by atoms with Crippen molar-refractivity contribution in [1.29, 1.82) is 0 Å². The number of phenolic OH excluding ortho intramolecular Hbond substituents is 2. The minimum absolute atomic E-state index is 0.0952. The molecule has 0 bridgehead atoms. The third-order valence-corrected chi connectivity index (χ3v) is 16.2. The van der Waals surface area contributed by atoms with E-state index in [1.54, 1.807) is 48.5 Å². The average Bonchev–Trinajstić information content (AvgIpc) is 0.923. The van der Waals surface area contributed by atoms with Crippen LogP contribution in [0.4, 0.5) is 22.7 Å². The van der Waals surface area contributed by atoms with Crippen molar-refractivity contribution in [2.75, 3.05) is 23.8 Å². The average molecular weight is 1140 g/mol. The van der Waals surface area contributed by atoms with Gasteiger partial charge in [0.25, 0.3) is 0 Å². The second-order valence-corrected chi connectivity index (χ2v) is 22.7. The fourth-order valence-corrected chi connectivity index (χ4v) is 10.8. The van der Waals surface area contributed by atoms with Gasteiger partial charge in [-0.25, -0.2) is 9.59 Å². The van der Waals surface area contributed by atoms with Crippen molar-refractivity contribution < 1.29 is 48.3 Å². The maximum Gasteiger partial charge on any atom is 0.338 e. The smallest absolute Gasteiger partial charge is 0.338 e. The van der Waals surface area contributed by atoms with E-state index in [2.05, 4.69) is 52.2 Å². The Morgan fingerprint density at radius 1 is 0.429 bits per heavy atom. The quantitative estimate of drug-likeness (QED) is 0.0167. The lowest BCUT2D eigenvalue weighted by molar-refractivity contribution is 0.0419. The molecule has 1 aliphatic carbocycles. The molecule has 6 aromatic rings. The van der Waals surface area contributed by atoms with E-state index in [0.717, 1.165) is 101 Å². The summed E-state index contributed by atoms with van der Waals surface area (Å²) < 4.78 is 24.3. The van der Waals surface area contributed by atoms with E-state index in [0.29, 0.717) is 47.2 Å². The van der Waals surface area contributed by atoms with Crippen LogP contribution in [0.15, 0.2) is 109 Å². The molecule has 1 aliphatic rings. The minimum Gasteiger partial charge on any atom is -0.504 e. The SMILES string of the molecule is CCCCCCCCc1ccc(Oc2cc(Nc3ccc(C(=O)OCC(CC)CCCC)cc3)c3c(c2O)C(=O)c2c(Nc4ccc(C(=O)OCC(CC)CCCC)cc4)cc(Oc4ccc(CCCCCCCC)cc4)c(O)c2C3=O)cc1. The molecule has 6 aromatic carbocycles. The van der Waals surface area contributed by atoms with Gasteiger partial charge in [-0.1, -0.05) is 169 Å². The summed E-state index contributed by atoms with van der Waals surface area (Å²) in [6.45, 7) is 13.5. The summed E-state index contributed by atoms with van der Waals surface area (Å²) >= 11 is 0. The maximum absolute atomic E-state index is 15.5. The number of ether oxygens (including phenoxy) is 4. The zero-order valence-electron chi connectivity index (χ0n) is 50.7. The molecule has 84 heavy (non-hydrogen) atoms. The Kier molecular flexibility index (Phi) is 25.2. The zero-order valence-corrected chi connectivity index (χ0v) is 50.7. The summed E-state index contributed by atoms with van der Waals surface area (Å²) in [7, 11) is 0. The second kappa shape index (κ2) is 33.0. The number of nitrogens with one attached hydrogen (secondary N) is 2. The first-order valence-corrected chi connectivity index (χ1v) is 31.4. The number of hydrogen-bond acceptors (Lipinski definition) is 12. The molecule has 2 unspecified atom stereocenters. The number of ketones is 2. The minimum atomic E-state index is -0.778. The lowest BCUT2D eigenvalue weighted by Gasteiger charge is -2.27. The number of carbonyl (C=O) groups excluding carboxylic acids is 4. The van der Waals surface area contributed by atoms with E-state index >= 15 is 9.59 Å². The first kappa shape index (κ1) is 64.0. The molecule has 0 fully saturated rings. The Hall–Kier alpha value is -7.60. The predicted octanol–water partition coefficient (Wildman–Crippen LogP) is 19.5. The van der Waals surface area contributed by atoms with E-state index < -0.39 is 35.0 Å². The van der Waals surface area contributed by atoms with Crippen LogP contribution in [0.25, 0.3) is 0 Å². The number of fused-ring (bicyclic) bond motifs is 2. The molecule has 7 rings (SSSR count). The first-order chi connectivity index (χ1) is 40.9. The van der Waals surface area contributed by atoms with Crippen LogP contribution >= 0.6 is 0 Å². The number of aromatic hydroxyl groups is 2. The van der Waals surface area contributed by atoms with Gasteiger partial charge in [0.2, 0.25) is 11.6 Å².